The molecule has 0 N–H and O–H groups in total. The summed E-state index contributed by atoms with van der Waals surface area (Å²) >= 11 is 0. The predicted octanol–water partition coefficient (Wildman–Crippen LogP) is 6.30. The van der Waals surface area contributed by atoms with Crippen LogP contribution in [0.5, 0.6) is 0 Å². The van der Waals surface area contributed by atoms with Crippen molar-refractivity contribution in [2.75, 3.05) is 0 Å². The molecule has 0 radical (unpaired) electrons. The normalized spacial score (nSPS) is 20.2. The molecule has 0 unspecified atom stereocenters. The molecule has 0 amide bonds. The van der Waals surface area contributed by atoms with Gasteiger partial charge in [0.1, 0.15) is 0 Å². The molecule has 0 heterocycles. The van der Waals surface area contributed by atoms with E-state index in [1.807, 2.05) is 12.2 Å². The summed E-state index contributed by atoms with van der Waals surface area (Å²) < 4.78 is 0. The maximum absolute atomic E-state index is 4.34. The summed E-state index contributed by atoms with van der Waals surface area (Å²) in [7, 11) is 0. The van der Waals surface area contributed by atoms with Crippen molar-refractivity contribution >= 4 is 0 Å². The first-order valence-electron chi connectivity index (χ1n) is 8.42. The summed E-state index contributed by atoms with van der Waals surface area (Å²) in [5.74, 6) is 0. The lowest BCUT2D eigenvalue weighted by Gasteiger charge is -2.30. The van der Waals surface area contributed by atoms with Crippen molar-refractivity contribution in [1.82, 2.24) is 0 Å². The molecule has 25 heavy (non-hydrogen) atoms. The first-order valence-corrected chi connectivity index (χ1v) is 8.42. The fourth-order valence-electron chi connectivity index (χ4n) is 4.43. The SMILES string of the molecule is C=C/C=C1\C(=C)C(=C)/C(=C\C=C)C12c1ccccc1-c1ccccc12. The van der Waals surface area contributed by atoms with Crippen LogP contribution in [0.3, 0.4) is 0 Å². The molecule has 120 valence electrons. The summed E-state index contributed by atoms with van der Waals surface area (Å²) in [6.45, 7) is 16.6. The Bertz CT molecular complexity index is 924. The fourth-order valence-corrected chi connectivity index (χ4v) is 4.43. The highest BCUT2D eigenvalue weighted by Crippen LogP contribution is 2.63. The van der Waals surface area contributed by atoms with Gasteiger partial charge in [-0.25, -0.2) is 0 Å². The monoisotopic (exact) mass is 320 g/mol. The molecule has 1 fully saturated rings. The molecule has 1 saturated carbocycles. The predicted molar refractivity (Wildman–Crippen MR) is 107 cm³/mol. The minimum Gasteiger partial charge on any atom is -0.0991 e. The van der Waals surface area contributed by atoms with E-state index >= 15 is 0 Å². The van der Waals surface area contributed by atoms with Gasteiger partial charge in [0.2, 0.25) is 0 Å². The highest BCUT2D eigenvalue weighted by molar-refractivity contribution is 5.92. The van der Waals surface area contributed by atoms with Crippen molar-refractivity contribution < 1.29 is 0 Å². The lowest BCUT2D eigenvalue weighted by molar-refractivity contribution is 0.790. The van der Waals surface area contributed by atoms with Crippen LogP contribution >= 0.6 is 0 Å². The van der Waals surface area contributed by atoms with E-state index < -0.39 is 0 Å². The molecule has 0 heteroatoms. The average Bonchev–Trinajstić information content (AvgIpc) is 3.04. The molecule has 0 nitrogen and oxygen atoms in total. The number of rotatable bonds is 2. The minimum atomic E-state index is -0.385. The van der Waals surface area contributed by atoms with Gasteiger partial charge in [-0.1, -0.05) is 99.2 Å². The number of benzene rings is 2. The zero-order valence-corrected chi connectivity index (χ0v) is 14.3. The van der Waals surface area contributed by atoms with Crippen molar-refractivity contribution in [2.24, 2.45) is 0 Å². The summed E-state index contributed by atoms with van der Waals surface area (Å²) in [6, 6.07) is 17.2. The molecule has 1 spiro atoms. The molecule has 0 aliphatic heterocycles. The van der Waals surface area contributed by atoms with Crippen LogP contribution in [0.4, 0.5) is 0 Å². The van der Waals surface area contributed by atoms with Crippen molar-refractivity contribution in [3.05, 3.63) is 133 Å². The van der Waals surface area contributed by atoms with Gasteiger partial charge in [0.05, 0.1) is 5.41 Å². The van der Waals surface area contributed by atoms with E-state index in [0.717, 1.165) is 22.3 Å². The summed E-state index contributed by atoms with van der Waals surface area (Å²) in [5, 5.41) is 0. The van der Waals surface area contributed by atoms with Gasteiger partial charge in [-0.2, -0.15) is 0 Å². The maximum atomic E-state index is 4.34. The van der Waals surface area contributed by atoms with Crippen LogP contribution in [0.15, 0.2) is 121 Å². The lowest BCUT2D eigenvalue weighted by Crippen LogP contribution is -2.26. The highest BCUT2D eigenvalue weighted by atomic mass is 14.5. The van der Waals surface area contributed by atoms with Crippen molar-refractivity contribution in [3.8, 4) is 11.1 Å². The zero-order valence-electron chi connectivity index (χ0n) is 14.3. The van der Waals surface area contributed by atoms with Gasteiger partial charge < -0.3 is 0 Å². The highest BCUT2D eigenvalue weighted by Gasteiger charge is 2.53. The van der Waals surface area contributed by atoms with Crippen molar-refractivity contribution in [1.29, 1.82) is 0 Å². The molecule has 2 aromatic rings. The molecule has 0 saturated heterocycles. The van der Waals surface area contributed by atoms with Crippen LogP contribution in [-0.4, -0.2) is 0 Å². The second-order valence-corrected chi connectivity index (χ2v) is 6.43. The molecule has 2 aromatic carbocycles. The second-order valence-electron chi connectivity index (χ2n) is 6.43. The largest absolute Gasteiger partial charge is 0.0991 e. The summed E-state index contributed by atoms with van der Waals surface area (Å²) in [4.78, 5) is 0. The number of hydrogen-bond acceptors (Lipinski definition) is 0. The molecule has 0 bridgehead atoms. The van der Waals surface area contributed by atoms with Gasteiger partial charge in [-0.05, 0) is 44.5 Å². The lowest BCUT2D eigenvalue weighted by atomic mass is 9.70. The third-order valence-electron chi connectivity index (χ3n) is 5.34. The Morgan fingerprint density at radius 3 is 1.44 bits per heavy atom. The number of allylic oxidation sites excluding steroid dienone is 8. The first kappa shape index (κ1) is 15.4. The van der Waals surface area contributed by atoms with E-state index in [0.29, 0.717) is 0 Å². The van der Waals surface area contributed by atoms with Gasteiger partial charge in [0.25, 0.3) is 0 Å². The Labute approximate surface area is 149 Å². The van der Waals surface area contributed by atoms with E-state index in [2.05, 4.69) is 87.0 Å². The first-order chi connectivity index (χ1) is 12.2. The van der Waals surface area contributed by atoms with Crippen LogP contribution in [0.1, 0.15) is 11.1 Å². The number of hydrogen-bond donors (Lipinski definition) is 0. The Balaban J connectivity index is 2.24. The molecular weight excluding hydrogens is 300 g/mol. The Hall–Kier alpha value is -3.12. The Morgan fingerprint density at radius 1 is 0.640 bits per heavy atom. The van der Waals surface area contributed by atoms with Crippen LogP contribution < -0.4 is 0 Å². The Morgan fingerprint density at radius 2 is 1.04 bits per heavy atom. The fraction of sp³-hybridized carbons (Fsp3) is 0.0400. The minimum absolute atomic E-state index is 0.385. The van der Waals surface area contributed by atoms with Gasteiger partial charge in [0.15, 0.2) is 0 Å². The number of fused-ring (bicyclic) bond motifs is 5. The van der Waals surface area contributed by atoms with E-state index in [1.165, 1.54) is 22.3 Å². The van der Waals surface area contributed by atoms with E-state index in [1.54, 1.807) is 0 Å². The van der Waals surface area contributed by atoms with Crippen LogP contribution in [0, 0.1) is 0 Å². The second kappa shape index (κ2) is 5.46. The van der Waals surface area contributed by atoms with Gasteiger partial charge >= 0.3 is 0 Å². The van der Waals surface area contributed by atoms with Gasteiger partial charge in [-0.15, -0.1) is 0 Å². The van der Waals surface area contributed by atoms with E-state index in [4.69, 9.17) is 0 Å². The molecular formula is C25H20. The van der Waals surface area contributed by atoms with Crippen LogP contribution in [0.2, 0.25) is 0 Å². The zero-order chi connectivity index (χ0) is 17.6. The van der Waals surface area contributed by atoms with E-state index in [9.17, 15) is 0 Å². The van der Waals surface area contributed by atoms with Crippen LogP contribution in [-0.2, 0) is 5.41 Å². The van der Waals surface area contributed by atoms with Gasteiger partial charge in [0, 0.05) is 0 Å². The van der Waals surface area contributed by atoms with Gasteiger partial charge in [-0.3, -0.25) is 0 Å². The van der Waals surface area contributed by atoms with Crippen LogP contribution in [0.25, 0.3) is 11.1 Å². The third kappa shape index (κ3) is 1.77. The molecule has 4 rings (SSSR count). The van der Waals surface area contributed by atoms with E-state index in [-0.39, 0.29) is 5.41 Å². The topological polar surface area (TPSA) is 0 Å². The molecule has 0 atom stereocenters. The third-order valence-corrected chi connectivity index (χ3v) is 5.34. The molecule has 2 aliphatic carbocycles. The maximum Gasteiger partial charge on any atom is 0.0725 e. The summed E-state index contributed by atoms with van der Waals surface area (Å²) in [6.07, 6.45) is 7.85. The molecule has 0 aromatic heterocycles. The molecule has 2 aliphatic rings. The standard InChI is InChI=1S/C25H20/c1-5-11-21-17(3)18(4)22(12-6-2)25(21)23-15-9-7-13-19(23)20-14-8-10-16-24(20)25/h5-16H,1-4H2/b21-11+,22-12+. The Kier molecular flexibility index (Phi) is 3.36. The quantitative estimate of drug-likeness (QED) is 0.609. The average molecular weight is 320 g/mol. The van der Waals surface area contributed by atoms with Crippen molar-refractivity contribution in [2.45, 2.75) is 5.41 Å². The van der Waals surface area contributed by atoms with Crippen molar-refractivity contribution in [3.63, 3.8) is 0 Å². The summed E-state index contributed by atoms with van der Waals surface area (Å²) in [5.41, 5.74) is 8.95. The smallest absolute Gasteiger partial charge is 0.0725 e.